The number of carbonyl (C=O) groups is 4. The minimum absolute atomic E-state index is 0.114. The fraction of sp³-hybridized carbons (Fsp3) is 0.556. The molecule has 4 heterocycles. The van der Waals surface area contributed by atoms with Crippen molar-refractivity contribution in [2.24, 2.45) is 0 Å². The summed E-state index contributed by atoms with van der Waals surface area (Å²) < 4.78 is 0. The molecule has 0 unspecified atom stereocenters. The molecule has 3 aliphatic rings. The number of amides is 4. The van der Waals surface area contributed by atoms with Crippen molar-refractivity contribution in [2.75, 3.05) is 13.1 Å². The van der Waals surface area contributed by atoms with Crippen molar-refractivity contribution in [3.63, 3.8) is 0 Å². The number of nitrogens with zero attached hydrogens (tertiary/aromatic N) is 2. The Morgan fingerprint density at radius 3 is 2.89 bits per heavy atom. The van der Waals surface area contributed by atoms with Crippen molar-refractivity contribution in [3.05, 3.63) is 22.4 Å². The summed E-state index contributed by atoms with van der Waals surface area (Å²) >= 11 is 1.52. The predicted molar refractivity (Wildman–Crippen MR) is 97.8 cm³/mol. The lowest BCUT2D eigenvalue weighted by molar-refractivity contribution is -0.143. The fourth-order valence-corrected chi connectivity index (χ4v) is 5.04. The van der Waals surface area contributed by atoms with E-state index in [-0.39, 0.29) is 35.7 Å². The van der Waals surface area contributed by atoms with Crippen LogP contribution in [0.2, 0.25) is 0 Å². The molecule has 3 fully saturated rings. The molecule has 3 saturated heterocycles. The summed E-state index contributed by atoms with van der Waals surface area (Å²) in [7, 11) is 0. The third-order valence-electron chi connectivity index (χ3n) is 5.55. The Bertz CT molecular complexity index is 780. The third-order valence-corrected chi connectivity index (χ3v) is 6.43. The van der Waals surface area contributed by atoms with E-state index in [2.05, 4.69) is 10.6 Å². The maximum atomic E-state index is 13.1. The SMILES string of the molecule is CC(=O)N1CC[C@@H]2NC(=O)[C@H]3C[C@H](NC(=O)Cc4cccs4)CN3C(=O)[C@H]21. The molecule has 1 aromatic heterocycles. The van der Waals surface area contributed by atoms with Crippen LogP contribution < -0.4 is 10.6 Å². The molecule has 8 nitrogen and oxygen atoms in total. The van der Waals surface area contributed by atoms with Gasteiger partial charge in [-0.3, -0.25) is 19.2 Å². The van der Waals surface area contributed by atoms with Gasteiger partial charge in [0.15, 0.2) is 0 Å². The van der Waals surface area contributed by atoms with Crippen LogP contribution in [-0.2, 0) is 25.6 Å². The van der Waals surface area contributed by atoms with Gasteiger partial charge in [0.25, 0.3) is 0 Å². The van der Waals surface area contributed by atoms with Crippen LogP contribution in [0.1, 0.15) is 24.6 Å². The molecule has 0 radical (unpaired) electrons. The number of rotatable bonds is 3. The van der Waals surface area contributed by atoms with Gasteiger partial charge in [0.1, 0.15) is 12.1 Å². The van der Waals surface area contributed by atoms with Gasteiger partial charge in [-0.2, -0.15) is 0 Å². The maximum Gasteiger partial charge on any atom is 0.248 e. The molecule has 1 aromatic rings. The number of hydrogen-bond donors (Lipinski definition) is 2. The van der Waals surface area contributed by atoms with E-state index in [1.807, 2.05) is 17.5 Å². The number of carbonyl (C=O) groups excluding carboxylic acids is 4. The number of likely N-dealkylation sites (tertiary alicyclic amines) is 1. The van der Waals surface area contributed by atoms with Gasteiger partial charge in [-0.05, 0) is 24.3 Å². The molecule has 0 saturated carbocycles. The van der Waals surface area contributed by atoms with Crippen molar-refractivity contribution < 1.29 is 19.2 Å². The minimum Gasteiger partial charge on any atom is -0.351 e. The fourth-order valence-electron chi connectivity index (χ4n) is 4.33. The molecule has 2 N–H and O–H groups in total. The van der Waals surface area contributed by atoms with Gasteiger partial charge in [0.05, 0.1) is 12.5 Å². The van der Waals surface area contributed by atoms with Crippen molar-refractivity contribution >= 4 is 35.0 Å². The molecule has 3 aliphatic heterocycles. The lowest BCUT2D eigenvalue weighted by Gasteiger charge is -2.28. The summed E-state index contributed by atoms with van der Waals surface area (Å²) in [5.74, 6) is -0.678. The van der Waals surface area contributed by atoms with E-state index in [1.54, 1.807) is 4.90 Å². The molecule has 0 bridgehead atoms. The standard InChI is InChI=1S/C18H22N4O4S/c1-10(23)21-5-4-13-16(21)18(26)22-9-11(7-14(22)17(25)20-13)19-15(24)8-12-3-2-6-27-12/h2-3,6,11,13-14,16H,4-5,7-9H2,1H3,(H,19,24)(H,20,25)/t11-,13-,14+,16-/m0/s1. The van der Waals surface area contributed by atoms with Gasteiger partial charge >= 0.3 is 0 Å². The average molecular weight is 390 g/mol. The van der Waals surface area contributed by atoms with E-state index in [0.717, 1.165) is 4.88 Å². The molecule has 0 aliphatic carbocycles. The zero-order valence-electron chi connectivity index (χ0n) is 15.0. The first-order chi connectivity index (χ1) is 12.9. The highest BCUT2D eigenvalue weighted by molar-refractivity contribution is 7.10. The van der Waals surface area contributed by atoms with E-state index >= 15 is 0 Å². The Labute approximate surface area is 160 Å². The number of hydrogen-bond acceptors (Lipinski definition) is 5. The van der Waals surface area contributed by atoms with Crippen LogP contribution in [0.5, 0.6) is 0 Å². The second-order valence-electron chi connectivity index (χ2n) is 7.32. The van der Waals surface area contributed by atoms with Crippen LogP contribution in [0.15, 0.2) is 17.5 Å². The molecule has 27 heavy (non-hydrogen) atoms. The largest absolute Gasteiger partial charge is 0.351 e. The summed E-state index contributed by atoms with van der Waals surface area (Å²) in [6, 6.07) is 1.97. The highest BCUT2D eigenvalue weighted by Crippen LogP contribution is 2.29. The van der Waals surface area contributed by atoms with Crippen LogP contribution >= 0.6 is 11.3 Å². The summed E-state index contributed by atoms with van der Waals surface area (Å²) in [5, 5.41) is 7.79. The number of thiophene rings is 1. The predicted octanol–water partition coefficient (Wildman–Crippen LogP) is -0.504. The first kappa shape index (κ1) is 18.0. The van der Waals surface area contributed by atoms with Gasteiger partial charge < -0.3 is 20.4 Å². The quantitative estimate of drug-likeness (QED) is 0.727. The van der Waals surface area contributed by atoms with E-state index in [4.69, 9.17) is 0 Å². The van der Waals surface area contributed by atoms with Gasteiger partial charge in [-0.1, -0.05) is 6.07 Å². The van der Waals surface area contributed by atoms with Crippen LogP contribution in [0.25, 0.3) is 0 Å². The van der Waals surface area contributed by atoms with Gasteiger partial charge in [-0.15, -0.1) is 11.3 Å². The van der Waals surface area contributed by atoms with Crippen LogP contribution in [0, 0.1) is 0 Å². The van der Waals surface area contributed by atoms with Crippen molar-refractivity contribution in [3.8, 4) is 0 Å². The summed E-state index contributed by atoms with van der Waals surface area (Å²) in [4.78, 5) is 53.9. The van der Waals surface area contributed by atoms with Crippen molar-refractivity contribution in [1.82, 2.24) is 20.4 Å². The Hall–Kier alpha value is -2.42. The zero-order valence-corrected chi connectivity index (χ0v) is 15.8. The average Bonchev–Trinajstić information content (AvgIpc) is 3.32. The van der Waals surface area contributed by atoms with E-state index in [9.17, 15) is 19.2 Å². The van der Waals surface area contributed by atoms with E-state index in [1.165, 1.54) is 23.2 Å². The van der Waals surface area contributed by atoms with Crippen LogP contribution in [0.3, 0.4) is 0 Å². The molecule has 144 valence electrons. The minimum atomic E-state index is -0.642. The first-order valence-corrected chi connectivity index (χ1v) is 10.0. The first-order valence-electron chi connectivity index (χ1n) is 9.14. The number of fused-ring (bicyclic) bond motifs is 2. The topological polar surface area (TPSA) is 98.8 Å². The normalized spacial score (nSPS) is 29.8. The molecule has 0 aromatic carbocycles. The van der Waals surface area contributed by atoms with Gasteiger partial charge in [0.2, 0.25) is 23.6 Å². The maximum absolute atomic E-state index is 13.1. The Morgan fingerprint density at radius 1 is 1.37 bits per heavy atom. The van der Waals surface area contributed by atoms with Crippen LogP contribution in [0.4, 0.5) is 0 Å². The molecular weight excluding hydrogens is 368 g/mol. The van der Waals surface area contributed by atoms with Gasteiger partial charge in [0, 0.05) is 30.9 Å². The monoisotopic (exact) mass is 390 g/mol. The van der Waals surface area contributed by atoms with Crippen LogP contribution in [-0.4, -0.2) is 70.7 Å². The Balaban J connectivity index is 1.46. The number of nitrogens with one attached hydrogen (secondary N) is 2. The lowest BCUT2D eigenvalue weighted by Crippen LogP contribution is -2.52. The second-order valence-corrected chi connectivity index (χ2v) is 8.36. The second kappa shape index (κ2) is 6.95. The van der Waals surface area contributed by atoms with Crippen molar-refractivity contribution in [1.29, 1.82) is 0 Å². The molecular formula is C18H22N4O4S. The summed E-state index contributed by atoms with van der Waals surface area (Å²) in [6.07, 6.45) is 1.28. The van der Waals surface area contributed by atoms with Gasteiger partial charge in [-0.25, -0.2) is 0 Å². The molecule has 0 spiro atoms. The smallest absolute Gasteiger partial charge is 0.248 e. The molecule has 9 heteroatoms. The lowest BCUT2D eigenvalue weighted by atomic mass is 10.1. The van der Waals surface area contributed by atoms with E-state index in [0.29, 0.717) is 32.4 Å². The third kappa shape index (κ3) is 3.31. The van der Waals surface area contributed by atoms with Crippen molar-refractivity contribution in [2.45, 2.75) is 50.4 Å². The summed E-state index contributed by atoms with van der Waals surface area (Å²) in [6.45, 7) is 2.20. The highest BCUT2D eigenvalue weighted by atomic mass is 32.1. The molecule has 4 rings (SSSR count). The Kier molecular flexibility index (Phi) is 4.63. The Morgan fingerprint density at radius 2 is 2.19 bits per heavy atom. The highest BCUT2D eigenvalue weighted by Gasteiger charge is 2.51. The molecule has 4 atom stereocenters. The van der Waals surface area contributed by atoms with E-state index < -0.39 is 12.1 Å². The summed E-state index contributed by atoms with van der Waals surface area (Å²) in [5.41, 5.74) is 0. The molecule has 4 amide bonds. The zero-order chi connectivity index (χ0) is 19.1.